The fourth-order valence-electron chi connectivity index (χ4n) is 3.05. The molecule has 1 atom stereocenters. The van der Waals surface area contributed by atoms with E-state index in [1.54, 1.807) is 18.2 Å². The summed E-state index contributed by atoms with van der Waals surface area (Å²) in [5, 5.41) is 0. The van der Waals surface area contributed by atoms with Crippen LogP contribution in [0.1, 0.15) is 11.6 Å². The third-order valence-electron chi connectivity index (χ3n) is 4.35. The molecule has 1 heterocycles. The van der Waals surface area contributed by atoms with Gasteiger partial charge in [0, 0.05) is 32.2 Å². The van der Waals surface area contributed by atoms with Crippen LogP contribution in [0.25, 0.3) is 0 Å². The maximum absolute atomic E-state index is 13.6. The highest BCUT2D eigenvalue weighted by Crippen LogP contribution is 2.24. The summed E-state index contributed by atoms with van der Waals surface area (Å²) in [6.45, 7) is 4.33. The Kier molecular flexibility index (Phi) is 5.26. The number of likely N-dealkylation sites (N-methyl/N-ethyl adjacent to an activating group) is 1. The van der Waals surface area contributed by atoms with E-state index in [9.17, 15) is 4.39 Å². The van der Waals surface area contributed by atoms with E-state index >= 15 is 0 Å². The highest BCUT2D eigenvalue weighted by Gasteiger charge is 2.26. The van der Waals surface area contributed by atoms with Crippen molar-refractivity contribution in [2.24, 2.45) is 0 Å². The minimum Gasteiger partial charge on any atom is -0.489 e. The Morgan fingerprint density at radius 1 is 1.04 bits per heavy atom. The fourth-order valence-corrected chi connectivity index (χ4v) is 3.05. The van der Waals surface area contributed by atoms with Crippen LogP contribution in [-0.2, 0) is 0 Å². The van der Waals surface area contributed by atoms with E-state index in [2.05, 4.69) is 41.1 Å². The quantitative estimate of drug-likeness (QED) is 0.843. The molecule has 23 heavy (non-hydrogen) atoms. The summed E-state index contributed by atoms with van der Waals surface area (Å²) in [4.78, 5) is 4.78. The van der Waals surface area contributed by atoms with Gasteiger partial charge in [-0.25, -0.2) is 4.39 Å². The van der Waals surface area contributed by atoms with Crippen LogP contribution in [0.3, 0.4) is 0 Å². The number of hydrogen-bond acceptors (Lipinski definition) is 3. The lowest BCUT2D eigenvalue weighted by molar-refractivity contribution is 0.0757. The van der Waals surface area contributed by atoms with Crippen molar-refractivity contribution in [2.45, 2.75) is 6.04 Å². The molecular formula is C19H23FN2O. The number of rotatable bonds is 5. The molecule has 1 aliphatic rings. The smallest absolute Gasteiger partial charge is 0.165 e. The Morgan fingerprint density at radius 3 is 2.57 bits per heavy atom. The molecule has 1 saturated heterocycles. The highest BCUT2D eigenvalue weighted by molar-refractivity contribution is 5.23. The molecule has 0 aliphatic carbocycles. The molecule has 0 amide bonds. The minimum atomic E-state index is -0.300. The molecule has 1 fully saturated rings. The zero-order valence-electron chi connectivity index (χ0n) is 13.5. The van der Waals surface area contributed by atoms with Crippen LogP contribution in [0.15, 0.2) is 54.6 Å². The van der Waals surface area contributed by atoms with Crippen LogP contribution in [0.5, 0.6) is 5.75 Å². The molecular weight excluding hydrogens is 291 g/mol. The number of ether oxygens (including phenoxy) is 1. The maximum atomic E-state index is 13.6. The Labute approximate surface area is 137 Å². The summed E-state index contributed by atoms with van der Waals surface area (Å²) in [5.74, 6) is 0.0309. The van der Waals surface area contributed by atoms with E-state index in [1.165, 1.54) is 11.6 Å². The third-order valence-corrected chi connectivity index (χ3v) is 4.35. The standard InChI is InChI=1S/C19H23FN2O/c1-21-11-12-22(18(15-21)16-7-3-2-4-8-16)13-14-23-19-10-6-5-9-17(19)20/h2-10,18H,11-15H2,1H3. The molecule has 0 radical (unpaired) electrons. The number of benzene rings is 2. The molecule has 0 saturated carbocycles. The van der Waals surface area contributed by atoms with Crippen LogP contribution in [0.4, 0.5) is 4.39 Å². The van der Waals surface area contributed by atoms with Crippen molar-refractivity contribution >= 4 is 0 Å². The normalized spacial score (nSPS) is 19.7. The minimum absolute atomic E-state index is 0.300. The van der Waals surface area contributed by atoms with Crippen molar-refractivity contribution < 1.29 is 9.13 Å². The van der Waals surface area contributed by atoms with Gasteiger partial charge in [-0.15, -0.1) is 0 Å². The first-order valence-electron chi connectivity index (χ1n) is 8.09. The molecule has 1 unspecified atom stereocenters. The number of hydrogen-bond donors (Lipinski definition) is 0. The molecule has 0 aromatic heterocycles. The lowest BCUT2D eigenvalue weighted by atomic mass is 10.0. The second kappa shape index (κ2) is 7.57. The molecule has 3 nitrogen and oxygen atoms in total. The van der Waals surface area contributed by atoms with Gasteiger partial charge in [-0.1, -0.05) is 42.5 Å². The van der Waals surface area contributed by atoms with Crippen LogP contribution >= 0.6 is 0 Å². The SMILES string of the molecule is CN1CCN(CCOc2ccccc2F)C(c2ccccc2)C1. The van der Waals surface area contributed by atoms with Crippen molar-refractivity contribution in [3.05, 3.63) is 66.0 Å². The first-order chi connectivity index (χ1) is 11.2. The topological polar surface area (TPSA) is 15.7 Å². The predicted molar refractivity (Wildman–Crippen MR) is 90.1 cm³/mol. The lowest BCUT2D eigenvalue weighted by Gasteiger charge is -2.40. The van der Waals surface area contributed by atoms with Crippen molar-refractivity contribution in [3.63, 3.8) is 0 Å². The Morgan fingerprint density at radius 2 is 1.78 bits per heavy atom. The number of nitrogens with zero attached hydrogens (tertiary/aromatic N) is 2. The second-order valence-corrected chi connectivity index (χ2v) is 6.00. The third kappa shape index (κ3) is 4.09. The van der Waals surface area contributed by atoms with Gasteiger partial charge in [0.25, 0.3) is 0 Å². The van der Waals surface area contributed by atoms with Gasteiger partial charge in [0.15, 0.2) is 11.6 Å². The molecule has 0 N–H and O–H groups in total. The van der Waals surface area contributed by atoms with Crippen molar-refractivity contribution in [1.82, 2.24) is 9.80 Å². The van der Waals surface area contributed by atoms with Gasteiger partial charge in [0.1, 0.15) is 6.61 Å². The molecule has 1 aliphatic heterocycles. The molecule has 0 spiro atoms. The van der Waals surface area contributed by atoms with Crippen LogP contribution in [0.2, 0.25) is 0 Å². The summed E-state index contributed by atoms with van der Waals surface area (Å²) in [5.41, 5.74) is 1.32. The first kappa shape index (κ1) is 16.0. The molecule has 2 aromatic carbocycles. The zero-order chi connectivity index (χ0) is 16.1. The van der Waals surface area contributed by atoms with E-state index in [0.29, 0.717) is 18.4 Å². The van der Waals surface area contributed by atoms with E-state index in [0.717, 1.165) is 26.2 Å². The number of piperazine rings is 1. The van der Waals surface area contributed by atoms with Crippen LogP contribution in [0, 0.1) is 5.82 Å². The lowest BCUT2D eigenvalue weighted by Crippen LogP contribution is -2.48. The first-order valence-corrected chi connectivity index (χ1v) is 8.09. The van der Waals surface area contributed by atoms with Gasteiger partial charge in [-0.2, -0.15) is 0 Å². The molecule has 3 rings (SSSR count). The van der Waals surface area contributed by atoms with Gasteiger partial charge in [-0.3, -0.25) is 4.90 Å². The van der Waals surface area contributed by atoms with Crippen molar-refractivity contribution in [2.75, 3.05) is 39.8 Å². The van der Waals surface area contributed by atoms with Gasteiger partial charge >= 0.3 is 0 Å². The average molecular weight is 314 g/mol. The summed E-state index contributed by atoms with van der Waals surface area (Å²) >= 11 is 0. The van der Waals surface area contributed by atoms with Gasteiger partial charge < -0.3 is 9.64 Å². The zero-order valence-corrected chi connectivity index (χ0v) is 13.5. The van der Waals surface area contributed by atoms with Gasteiger partial charge in [0.2, 0.25) is 0 Å². The molecule has 4 heteroatoms. The molecule has 0 bridgehead atoms. The Balaban J connectivity index is 1.62. The van der Waals surface area contributed by atoms with E-state index in [4.69, 9.17) is 4.74 Å². The number of para-hydroxylation sites is 1. The largest absolute Gasteiger partial charge is 0.489 e. The highest BCUT2D eigenvalue weighted by atomic mass is 19.1. The molecule has 122 valence electrons. The van der Waals surface area contributed by atoms with Gasteiger partial charge in [0.05, 0.1) is 0 Å². The van der Waals surface area contributed by atoms with Crippen LogP contribution < -0.4 is 4.74 Å². The average Bonchev–Trinajstić information content (AvgIpc) is 2.58. The molecule has 2 aromatic rings. The van der Waals surface area contributed by atoms with Crippen LogP contribution in [-0.4, -0.2) is 49.6 Å². The Bertz CT molecular complexity index is 620. The summed E-state index contributed by atoms with van der Waals surface area (Å²) in [6.07, 6.45) is 0. The second-order valence-electron chi connectivity index (χ2n) is 6.00. The summed E-state index contributed by atoms with van der Waals surface area (Å²) in [7, 11) is 2.16. The predicted octanol–water partition coefficient (Wildman–Crippen LogP) is 3.19. The summed E-state index contributed by atoms with van der Waals surface area (Å²) < 4.78 is 19.2. The van der Waals surface area contributed by atoms with E-state index < -0.39 is 0 Å². The number of halogens is 1. The monoisotopic (exact) mass is 314 g/mol. The summed E-state index contributed by atoms with van der Waals surface area (Å²) in [6, 6.07) is 17.5. The van der Waals surface area contributed by atoms with Crippen molar-refractivity contribution in [3.8, 4) is 5.75 Å². The van der Waals surface area contributed by atoms with Crippen molar-refractivity contribution in [1.29, 1.82) is 0 Å². The van der Waals surface area contributed by atoms with E-state index in [1.807, 2.05) is 6.07 Å². The Hall–Kier alpha value is -1.91. The maximum Gasteiger partial charge on any atom is 0.165 e. The fraction of sp³-hybridized carbons (Fsp3) is 0.368. The van der Waals surface area contributed by atoms with E-state index in [-0.39, 0.29) is 5.82 Å². The van der Waals surface area contributed by atoms with Gasteiger partial charge in [-0.05, 0) is 24.7 Å².